The van der Waals surface area contributed by atoms with E-state index in [1.807, 2.05) is 47.5 Å². The Morgan fingerprint density at radius 2 is 2.04 bits per heavy atom. The summed E-state index contributed by atoms with van der Waals surface area (Å²) in [5, 5.41) is 4.61. The summed E-state index contributed by atoms with van der Waals surface area (Å²) in [6, 6.07) is 15.9. The normalized spacial score (nSPS) is 13.4. The smallest absolute Gasteiger partial charge is 0.265 e. The van der Waals surface area contributed by atoms with Gasteiger partial charge in [-0.3, -0.25) is 9.78 Å². The molecule has 1 aliphatic rings. The van der Waals surface area contributed by atoms with Crippen molar-refractivity contribution in [2.45, 2.75) is 13.3 Å². The van der Waals surface area contributed by atoms with Crippen LogP contribution >= 0.6 is 0 Å². The van der Waals surface area contributed by atoms with E-state index in [4.69, 9.17) is 4.74 Å². The number of aryl methyl sites for hydroxylation is 1. The van der Waals surface area contributed by atoms with Crippen LogP contribution in [-0.2, 0) is 4.79 Å². The third-order valence-corrected chi connectivity index (χ3v) is 4.65. The highest BCUT2D eigenvalue weighted by Gasteiger charge is 2.24. The Hall–Kier alpha value is -3.08. The predicted octanol–water partition coefficient (Wildman–Crippen LogP) is 3.77. The van der Waals surface area contributed by atoms with Gasteiger partial charge >= 0.3 is 0 Å². The number of nitrogens with one attached hydrogen (secondary N) is 1. The monoisotopic (exact) mass is 347 g/mol. The molecule has 1 aliphatic heterocycles. The second kappa shape index (κ2) is 7.04. The van der Waals surface area contributed by atoms with Gasteiger partial charge in [0.25, 0.3) is 5.91 Å². The summed E-state index contributed by atoms with van der Waals surface area (Å²) in [6.07, 6.45) is 2.68. The van der Waals surface area contributed by atoms with Gasteiger partial charge in [-0.15, -0.1) is 0 Å². The van der Waals surface area contributed by atoms with Crippen molar-refractivity contribution in [2.24, 2.45) is 0 Å². The lowest BCUT2D eigenvalue weighted by molar-refractivity contribution is -0.121. The molecule has 5 nitrogen and oxygen atoms in total. The number of carbonyl (C=O) groups excluding carboxylic acids is 1. The van der Waals surface area contributed by atoms with Gasteiger partial charge < -0.3 is 15.0 Å². The van der Waals surface area contributed by atoms with Gasteiger partial charge in [-0.2, -0.15) is 0 Å². The van der Waals surface area contributed by atoms with E-state index in [1.54, 1.807) is 0 Å². The van der Waals surface area contributed by atoms with E-state index in [2.05, 4.69) is 29.4 Å². The zero-order valence-corrected chi connectivity index (χ0v) is 14.7. The first kappa shape index (κ1) is 16.4. The Morgan fingerprint density at radius 3 is 2.96 bits per heavy atom. The first-order valence-electron chi connectivity index (χ1n) is 8.84. The highest BCUT2D eigenvalue weighted by molar-refractivity contribution is 5.97. The van der Waals surface area contributed by atoms with Crippen molar-refractivity contribution >= 4 is 28.2 Å². The molecule has 0 atom stereocenters. The summed E-state index contributed by atoms with van der Waals surface area (Å²) in [5.41, 5.74) is 4.12. The van der Waals surface area contributed by atoms with Crippen LogP contribution in [0.5, 0.6) is 5.75 Å². The molecule has 26 heavy (non-hydrogen) atoms. The fourth-order valence-corrected chi connectivity index (χ4v) is 3.34. The van der Waals surface area contributed by atoms with Crippen LogP contribution < -0.4 is 15.0 Å². The zero-order valence-electron chi connectivity index (χ0n) is 14.7. The molecule has 0 saturated heterocycles. The van der Waals surface area contributed by atoms with E-state index in [0.29, 0.717) is 6.54 Å². The largest absolute Gasteiger partial charge is 0.482 e. The number of pyridine rings is 1. The third-order valence-electron chi connectivity index (χ3n) is 4.65. The number of rotatable bonds is 5. The number of nitrogens with zero attached hydrogens (tertiary/aromatic N) is 2. The number of aromatic nitrogens is 1. The molecule has 5 heteroatoms. The summed E-state index contributed by atoms with van der Waals surface area (Å²) >= 11 is 0. The molecule has 0 spiro atoms. The fourth-order valence-electron chi connectivity index (χ4n) is 3.34. The van der Waals surface area contributed by atoms with Crippen molar-refractivity contribution in [3.8, 4) is 5.75 Å². The van der Waals surface area contributed by atoms with Gasteiger partial charge in [-0.1, -0.05) is 30.3 Å². The second-order valence-corrected chi connectivity index (χ2v) is 6.41. The lowest BCUT2D eigenvalue weighted by Gasteiger charge is -2.29. The van der Waals surface area contributed by atoms with E-state index in [0.717, 1.165) is 41.0 Å². The lowest BCUT2D eigenvalue weighted by atomic mass is 10.1. The second-order valence-electron chi connectivity index (χ2n) is 6.41. The summed E-state index contributed by atoms with van der Waals surface area (Å²) < 4.78 is 5.49. The van der Waals surface area contributed by atoms with Crippen LogP contribution in [0.2, 0.25) is 0 Å². The molecule has 1 N–H and O–H groups in total. The summed E-state index contributed by atoms with van der Waals surface area (Å²) in [6.45, 7) is 3.62. The maximum Gasteiger partial charge on any atom is 0.265 e. The standard InChI is InChI=1S/C21H21N3O2/c1-15-6-4-7-16-17(10-12-23-21(15)16)22-11-5-13-24-18-8-2-3-9-19(18)26-14-20(24)25/h2-4,6-10,12H,5,11,13-14H2,1H3,(H,22,23). The minimum absolute atomic E-state index is 0.00804. The van der Waals surface area contributed by atoms with Crippen LogP contribution in [0.15, 0.2) is 54.7 Å². The van der Waals surface area contributed by atoms with Crippen LogP contribution in [-0.4, -0.2) is 30.6 Å². The molecular weight excluding hydrogens is 326 g/mol. The van der Waals surface area contributed by atoms with Crippen LogP contribution in [0.4, 0.5) is 11.4 Å². The number of fused-ring (bicyclic) bond motifs is 2. The molecule has 1 aromatic heterocycles. The van der Waals surface area contributed by atoms with Crippen molar-refractivity contribution in [1.82, 2.24) is 4.98 Å². The summed E-state index contributed by atoms with van der Waals surface area (Å²) in [4.78, 5) is 18.5. The Morgan fingerprint density at radius 1 is 1.15 bits per heavy atom. The highest BCUT2D eigenvalue weighted by atomic mass is 16.5. The van der Waals surface area contributed by atoms with E-state index in [9.17, 15) is 4.79 Å². The maximum atomic E-state index is 12.2. The molecule has 3 aromatic rings. The predicted molar refractivity (Wildman–Crippen MR) is 104 cm³/mol. The molecule has 132 valence electrons. The summed E-state index contributed by atoms with van der Waals surface area (Å²) in [5.74, 6) is 0.782. The van der Waals surface area contributed by atoms with Gasteiger partial charge in [0.05, 0.1) is 11.2 Å². The number of anilines is 2. The Balaban J connectivity index is 1.42. The summed E-state index contributed by atoms with van der Waals surface area (Å²) in [7, 11) is 0. The average Bonchev–Trinajstić information content (AvgIpc) is 2.67. The zero-order chi connectivity index (χ0) is 17.9. The molecule has 2 aromatic carbocycles. The van der Waals surface area contributed by atoms with Crippen molar-refractivity contribution in [2.75, 3.05) is 29.9 Å². The first-order valence-corrected chi connectivity index (χ1v) is 8.84. The Bertz CT molecular complexity index is 955. The van der Waals surface area contributed by atoms with Crippen molar-refractivity contribution in [1.29, 1.82) is 0 Å². The molecule has 0 radical (unpaired) electrons. The van der Waals surface area contributed by atoms with Crippen LogP contribution in [0.1, 0.15) is 12.0 Å². The number of benzene rings is 2. The minimum atomic E-state index is 0.00804. The van der Waals surface area contributed by atoms with Crippen LogP contribution in [0, 0.1) is 6.92 Å². The van der Waals surface area contributed by atoms with Gasteiger partial charge in [0.2, 0.25) is 0 Å². The van der Waals surface area contributed by atoms with E-state index in [1.165, 1.54) is 5.56 Å². The Labute approximate surface area is 152 Å². The number of ether oxygens (including phenoxy) is 1. The molecule has 1 amide bonds. The number of para-hydroxylation sites is 3. The lowest BCUT2D eigenvalue weighted by Crippen LogP contribution is -2.39. The van der Waals surface area contributed by atoms with Gasteiger partial charge in [0, 0.05) is 30.4 Å². The number of hydrogen-bond acceptors (Lipinski definition) is 4. The van der Waals surface area contributed by atoms with Gasteiger partial charge in [-0.05, 0) is 37.1 Å². The van der Waals surface area contributed by atoms with E-state index < -0.39 is 0 Å². The van der Waals surface area contributed by atoms with E-state index in [-0.39, 0.29) is 12.5 Å². The van der Waals surface area contributed by atoms with E-state index >= 15 is 0 Å². The first-order chi connectivity index (χ1) is 12.7. The van der Waals surface area contributed by atoms with Crippen molar-refractivity contribution in [3.63, 3.8) is 0 Å². The molecule has 2 heterocycles. The maximum absolute atomic E-state index is 12.2. The number of hydrogen-bond donors (Lipinski definition) is 1. The third kappa shape index (κ3) is 3.08. The highest BCUT2D eigenvalue weighted by Crippen LogP contribution is 2.31. The van der Waals surface area contributed by atoms with Gasteiger partial charge in [0.15, 0.2) is 6.61 Å². The molecule has 0 unspecified atom stereocenters. The van der Waals surface area contributed by atoms with Crippen molar-refractivity contribution in [3.05, 3.63) is 60.3 Å². The average molecular weight is 347 g/mol. The minimum Gasteiger partial charge on any atom is -0.482 e. The molecule has 0 bridgehead atoms. The number of amides is 1. The van der Waals surface area contributed by atoms with Gasteiger partial charge in [-0.25, -0.2) is 0 Å². The number of carbonyl (C=O) groups is 1. The van der Waals surface area contributed by atoms with Crippen molar-refractivity contribution < 1.29 is 9.53 Å². The quantitative estimate of drug-likeness (QED) is 0.714. The molecule has 0 fully saturated rings. The molecule has 0 saturated carbocycles. The topological polar surface area (TPSA) is 54.5 Å². The molecule has 0 aliphatic carbocycles. The Kier molecular flexibility index (Phi) is 4.44. The van der Waals surface area contributed by atoms with Crippen LogP contribution in [0.25, 0.3) is 10.9 Å². The fraction of sp³-hybridized carbons (Fsp3) is 0.238. The van der Waals surface area contributed by atoms with Gasteiger partial charge in [0.1, 0.15) is 5.75 Å². The SMILES string of the molecule is Cc1cccc2c(NCCCN3C(=O)COc4ccccc43)ccnc12. The molecule has 4 rings (SSSR count). The molecular formula is C21H21N3O2. The van der Waals surface area contributed by atoms with Crippen LogP contribution in [0.3, 0.4) is 0 Å².